The quantitative estimate of drug-likeness (QED) is 0.721. The van der Waals surface area contributed by atoms with Crippen LogP contribution in [0.15, 0.2) is 17.4 Å². The Morgan fingerprint density at radius 1 is 1.26 bits per heavy atom. The molecule has 0 radical (unpaired) electrons. The molecule has 0 amide bonds. The van der Waals surface area contributed by atoms with Gasteiger partial charge in [0, 0.05) is 29.4 Å². The summed E-state index contributed by atoms with van der Waals surface area (Å²) in [4.78, 5) is 9.05. The molecule has 8 heteroatoms. The van der Waals surface area contributed by atoms with E-state index in [0.717, 1.165) is 40.9 Å². The van der Waals surface area contributed by atoms with Gasteiger partial charge in [-0.05, 0) is 32.8 Å². The van der Waals surface area contributed by atoms with Crippen LogP contribution >= 0.6 is 11.8 Å². The van der Waals surface area contributed by atoms with Gasteiger partial charge in [-0.25, -0.2) is 9.97 Å². The van der Waals surface area contributed by atoms with Crippen molar-refractivity contribution >= 4 is 17.5 Å². The van der Waals surface area contributed by atoms with Gasteiger partial charge in [0.05, 0.1) is 5.69 Å². The van der Waals surface area contributed by atoms with E-state index in [1.807, 2.05) is 23.6 Å². The highest BCUT2D eigenvalue weighted by Crippen LogP contribution is 2.39. The van der Waals surface area contributed by atoms with Crippen molar-refractivity contribution in [3.63, 3.8) is 0 Å². The zero-order chi connectivity index (χ0) is 16.0. The van der Waals surface area contributed by atoms with Crippen LogP contribution in [0, 0.1) is 13.8 Å². The molecule has 7 nitrogen and oxygen atoms in total. The number of aromatic nitrogens is 6. The van der Waals surface area contributed by atoms with E-state index in [0.29, 0.717) is 17.6 Å². The van der Waals surface area contributed by atoms with Crippen molar-refractivity contribution < 1.29 is 5.11 Å². The molecule has 1 aliphatic rings. The second-order valence-corrected chi connectivity index (χ2v) is 6.83. The van der Waals surface area contributed by atoms with Crippen molar-refractivity contribution in [3.8, 4) is 0 Å². The third-order valence-electron chi connectivity index (χ3n) is 3.95. The van der Waals surface area contributed by atoms with E-state index < -0.39 is 0 Å². The number of thioether (sulfide) groups is 1. The Balaban J connectivity index is 1.58. The predicted octanol–water partition coefficient (Wildman–Crippen LogP) is 2.06. The number of nitrogens with zero attached hydrogens (tertiary/aromatic N) is 6. The van der Waals surface area contributed by atoms with E-state index >= 15 is 0 Å². The SMILES string of the molecule is Cc1cc(C)n2cc(CSc3nnc(CO)n3C3CC3)nc2n1. The summed E-state index contributed by atoms with van der Waals surface area (Å²) in [6, 6.07) is 2.49. The van der Waals surface area contributed by atoms with E-state index in [1.54, 1.807) is 11.8 Å². The van der Waals surface area contributed by atoms with Crippen LogP contribution in [0.4, 0.5) is 0 Å². The van der Waals surface area contributed by atoms with Gasteiger partial charge in [-0.15, -0.1) is 10.2 Å². The van der Waals surface area contributed by atoms with Crippen LogP contribution < -0.4 is 0 Å². The summed E-state index contributed by atoms with van der Waals surface area (Å²) in [6.45, 7) is 3.96. The van der Waals surface area contributed by atoms with Crippen molar-refractivity contribution in [2.45, 2.75) is 50.2 Å². The minimum absolute atomic E-state index is 0.0686. The van der Waals surface area contributed by atoms with Crippen LogP contribution in [-0.2, 0) is 12.4 Å². The molecule has 1 fully saturated rings. The van der Waals surface area contributed by atoms with E-state index in [9.17, 15) is 5.11 Å². The molecule has 0 bridgehead atoms. The fraction of sp³-hybridized carbons (Fsp3) is 0.467. The lowest BCUT2D eigenvalue weighted by atomic mass is 10.3. The third kappa shape index (κ3) is 2.72. The maximum Gasteiger partial charge on any atom is 0.234 e. The number of hydrogen-bond acceptors (Lipinski definition) is 6. The standard InChI is InChI=1S/C15H18N6OS/c1-9-5-10(2)20-6-11(17-14(20)16-9)8-23-15-19-18-13(7-22)21(15)12-3-4-12/h5-6,12,22H,3-4,7-8H2,1-2H3. The molecule has 0 aromatic carbocycles. The van der Waals surface area contributed by atoms with Crippen LogP contribution in [0.2, 0.25) is 0 Å². The highest BCUT2D eigenvalue weighted by molar-refractivity contribution is 7.98. The Morgan fingerprint density at radius 3 is 2.83 bits per heavy atom. The molecule has 0 atom stereocenters. The van der Waals surface area contributed by atoms with Crippen LogP contribution in [0.5, 0.6) is 0 Å². The van der Waals surface area contributed by atoms with Crippen molar-refractivity contribution in [2.24, 2.45) is 0 Å². The highest BCUT2D eigenvalue weighted by Gasteiger charge is 2.29. The molecule has 1 saturated carbocycles. The minimum Gasteiger partial charge on any atom is -0.388 e. The highest BCUT2D eigenvalue weighted by atomic mass is 32.2. The molecule has 23 heavy (non-hydrogen) atoms. The Bertz CT molecular complexity index is 866. The number of imidazole rings is 1. The normalized spacial score (nSPS) is 14.7. The van der Waals surface area contributed by atoms with E-state index in [-0.39, 0.29) is 6.61 Å². The second-order valence-electron chi connectivity index (χ2n) is 5.89. The van der Waals surface area contributed by atoms with Crippen molar-refractivity contribution in [3.05, 3.63) is 35.2 Å². The molecule has 3 aromatic heterocycles. The second kappa shape index (κ2) is 5.61. The predicted molar refractivity (Wildman–Crippen MR) is 86.2 cm³/mol. The smallest absolute Gasteiger partial charge is 0.234 e. The van der Waals surface area contributed by atoms with Gasteiger partial charge in [0.25, 0.3) is 0 Å². The van der Waals surface area contributed by atoms with Gasteiger partial charge in [0.15, 0.2) is 11.0 Å². The molecule has 120 valence electrons. The molecule has 0 spiro atoms. The number of rotatable bonds is 5. The average Bonchev–Trinajstić information content (AvgIpc) is 3.13. The molecule has 4 rings (SSSR count). The van der Waals surface area contributed by atoms with Crippen LogP contribution in [0.3, 0.4) is 0 Å². The Hall–Kier alpha value is -1.93. The summed E-state index contributed by atoms with van der Waals surface area (Å²) in [5.41, 5.74) is 3.06. The number of aliphatic hydroxyl groups excluding tert-OH is 1. The maximum absolute atomic E-state index is 9.39. The molecule has 0 saturated heterocycles. The summed E-state index contributed by atoms with van der Waals surface area (Å²) in [6.07, 6.45) is 4.29. The maximum atomic E-state index is 9.39. The fourth-order valence-corrected chi connectivity index (χ4v) is 3.65. The summed E-state index contributed by atoms with van der Waals surface area (Å²) >= 11 is 1.60. The molecule has 1 aliphatic carbocycles. The van der Waals surface area contributed by atoms with Crippen LogP contribution in [0.25, 0.3) is 5.78 Å². The first kappa shape index (κ1) is 14.6. The largest absolute Gasteiger partial charge is 0.388 e. The Kier molecular flexibility index (Phi) is 3.57. The van der Waals surface area contributed by atoms with Crippen molar-refractivity contribution in [1.29, 1.82) is 0 Å². The topological polar surface area (TPSA) is 81.1 Å². The molecule has 0 aliphatic heterocycles. The molecule has 3 aromatic rings. The Labute approximate surface area is 137 Å². The van der Waals surface area contributed by atoms with Gasteiger partial charge in [0.2, 0.25) is 5.78 Å². The summed E-state index contributed by atoms with van der Waals surface area (Å²) in [7, 11) is 0. The van der Waals surface area contributed by atoms with Gasteiger partial charge in [-0.1, -0.05) is 11.8 Å². The number of aliphatic hydroxyl groups is 1. The zero-order valence-electron chi connectivity index (χ0n) is 13.1. The summed E-state index contributed by atoms with van der Waals surface area (Å²) < 4.78 is 4.07. The lowest BCUT2D eigenvalue weighted by Crippen LogP contribution is -2.02. The van der Waals surface area contributed by atoms with Crippen LogP contribution in [-0.4, -0.2) is 34.2 Å². The molecule has 0 unspecified atom stereocenters. The first-order chi connectivity index (χ1) is 11.2. The molecule has 1 N–H and O–H groups in total. The first-order valence-electron chi connectivity index (χ1n) is 7.65. The molecular formula is C15H18N6OS. The number of hydrogen-bond donors (Lipinski definition) is 1. The zero-order valence-corrected chi connectivity index (χ0v) is 13.9. The van der Waals surface area contributed by atoms with Crippen molar-refractivity contribution in [2.75, 3.05) is 0 Å². The van der Waals surface area contributed by atoms with E-state index in [4.69, 9.17) is 0 Å². The summed E-state index contributed by atoms with van der Waals surface area (Å²) in [5.74, 6) is 2.09. The monoisotopic (exact) mass is 330 g/mol. The number of fused-ring (bicyclic) bond motifs is 1. The van der Waals surface area contributed by atoms with Gasteiger partial charge >= 0.3 is 0 Å². The lowest BCUT2D eigenvalue weighted by Gasteiger charge is -2.06. The van der Waals surface area contributed by atoms with Crippen LogP contribution in [0.1, 0.15) is 41.8 Å². The van der Waals surface area contributed by atoms with Gasteiger partial charge in [0.1, 0.15) is 6.61 Å². The van der Waals surface area contributed by atoms with Gasteiger partial charge in [-0.2, -0.15) is 0 Å². The first-order valence-corrected chi connectivity index (χ1v) is 8.64. The van der Waals surface area contributed by atoms with Gasteiger partial charge < -0.3 is 9.67 Å². The Morgan fingerprint density at radius 2 is 2.09 bits per heavy atom. The average molecular weight is 330 g/mol. The minimum atomic E-state index is -0.0686. The lowest BCUT2D eigenvalue weighted by molar-refractivity contribution is 0.263. The fourth-order valence-electron chi connectivity index (χ4n) is 2.74. The molecule has 3 heterocycles. The van der Waals surface area contributed by atoms with E-state index in [2.05, 4.69) is 31.7 Å². The number of aryl methyl sites for hydroxylation is 2. The van der Waals surface area contributed by atoms with Crippen molar-refractivity contribution in [1.82, 2.24) is 29.1 Å². The van der Waals surface area contributed by atoms with E-state index in [1.165, 1.54) is 0 Å². The summed E-state index contributed by atoms with van der Waals surface area (Å²) in [5, 5.41) is 18.5. The third-order valence-corrected chi connectivity index (χ3v) is 4.93. The van der Waals surface area contributed by atoms with Gasteiger partial charge in [-0.3, -0.25) is 4.40 Å². The molecular weight excluding hydrogens is 312 g/mol.